The zero-order valence-electron chi connectivity index (χ0n) is 15.2. The third kappa shape index (κ3) is 4.64. The van der Waals surface area contributed by atoms with Crippen molar-refractivity contribution in [3.8, 4) is 0 Å². The number of halogens is 2. The van der Waals surface area contributed by atoms with Gasteiger partial charge >= 0.3 is 17.8 Å². The number of nitrogens with one attached hydrogen (secondary N) is 2. The maximum absolute atomic E-state index is 14.5. The summed E-state index contributed by atoms with van der Waals surface area (Å²) < 4.78 is 25.0. The summed E-state index contributed by atoms with van der Waals surface area (Å²) in [6, 6.07) is 11.4. The fraction of sp³-hybridized carbons (Fsp3) is 0.211. The first kappa shape index (κ1) is 19.2. The van der Waals surface area contributed by atoms with E-state index in [0.29, 0.717) is 42.7 Å². The maximum Gasteiger partial charge on any atom is 0.320 e. The van der Waals surface area contributed by atoms with Gasteiger partial charge in [-0.2, -0.15) is 0 Å². The van der Waals surface area contributed by atoms with E-state index in [9.17, 15) is 9.18 Å². The Kier molecular flexibility index (Phi) is 5.59. The topological polar surface area (TPSA) is 92.5 Å². The molecule has 0 atom stereocenters. The van der Waals surface area contributed by atoms with Crippen LogP contribution in [0.4, 0.5) is 27.5 Å². The van der Waals surface area contributed by atoms with Crippen molar-refractivity contribution < 1.29 is 18.3 Å². The van der Waals surface area contributed by atoms with Crippen molar-refractivity contribution in [2.24, 2.45) is 0 Å². The van der Waals surface area contributed by atoms with E-state index in [1.54, 1.807) is 36.4 Å². The number of rotatable bonds is 5. The molecule has 1 aliphatic rings. The summed E-state index contributed by atoms with van der Waals surface area (Å²) in [6.45, 7) is 2.35. The minimum atomic E-state index is -0.639. The molecule has 0 unspecified atom stereocenters. The lowest BCUT2D eigenvalue weighted by atomic mass is 10.2. The van der Waals surface area contributed by atoms with Crippen molar-refractivity contribution in [2.45, 2.75) is 0 Å². The van der Waals surface area contributed by atoms with E-state index in [4.69, 9.17) is 20.8 Å². The largest absolute Gasteiger partial charge is 0.399 e. The molecule has 2 N–H and O–H groups in total. The van der Waals surface area contributed by atoms with Crippen molar-refractivity contribution in [1.82, 2.24) is 10.2 Å². The number of amides is 1. The number of carbonyl (C=O) groups excluding carboxylic acids is 1. The monoisotopic (exact) mass is 417 g/mol. The van der Waals surface area contributed by atoms with Crippen molar-refractivity contribution in [2.75, 3.05) is 41.8 Å². The van der Waals surface area contributed by atoms with Crippen LogP contribution in [-0.2, 0) is 4.74 Å². The molecule has 0 saturated carbocycles. The summed E-state index contributed by atoms with van der Waals surface area (Å²) in [5, 5.41) is 13.5. The van der Waals surface area contributed by atoms with Crippen molar-refractivity contribution >= 4 is 40.6 Å². The lowest BCUT2D eigenvalue weighted by molar-refractivity contribution is 0.0991. The SMILES string of the molecule is O=C(Nc1ccc(N2CCOCC2)c(F)c1)c1nnc(Nc2ccc(Cl)cc2)o1. The first-order valence-electron chi connectivity index (χ1n) is 8.88. The normalized spacial score (nSPS) is 13.9. The van der Waals surface area contributed by atoms with Crippen LogP contribution in [0.5, 0.6) is 0 Å². The van der Waals surface area contributed by atoms with Gasteiger partial charge in [0.15, 0.2) is 0 Å². The van der Waals surface area contributed by atoms with Crippen molar-refractivity contribution in [3.63, 3.8) is 0 Å². The Balaban J connectivity index is 1.41. The van der Waals surface area contributed by atoms with Crippen LogP contribution < -0.4 is 15.5 Å². The molecule has 8 nitrogen and oxygen atoms in total. The van der Waals surface area contributed by atoms with Gasteiger partial charge in [-0.15, -0.1) is 5.10 Å². The molecule has 3 aromatic rings. The van der Waals surface area contributed by atoms with E-state index in [1.807, 2.05) is 4.90 Å². The highest BCUT2D eigenvalue weighted by Crippen LogP contribution is 2.24. The minimum absolute atomic E-state index is 0.0475. The quantitative estimate of drug-likeness (QED) is 0.653. The van der Waals surface area contributed by atoms with Gasteiger partial charge in [0.2, 0.25) is 0 Å². The zero-order chi connectivity index (χ0) is 20.2. The van der Waals surface area contributed by atoms with Crippen LogP contribution in [0.15, 0.2) is 46.9 Å². The Bertz CT molecular complexity index is 1010. The molecule has 1 aromatic heterocycles. The van der Waals surface area contributed by atoms with Gasteiger partial charge in [0.1, 0.15) is 5.82 Å². The van der Waals surface area contributed by atoms with E-state index in [2.05, 4.69) is 20.8 Å². The highest BCUT2D eigenvalue weighted by molar-refractivity contribution is 6.30. The highest BCUT2D eigenvalue weighted by atomic mass is 35.5. The first-order valence-corrected chi connectivity index (χ1v) is 9.26. The fourth-order valence-electron chi connectivity index (χ4n) is 2.85. The number of anilines is 4. The van der Waals surface area contributed by atoms with Crippen molar-refractivity contribution in [1.29, 1.82) is 0 Å². The highest BCUT2D eigenvalue weighted by Gasteiger charge is 2.18. The van der Waals surface area contributed by atoms with Gasteiger partial charge in [0.05, 0.1) is 18.9 Å². The van der Waals surface area contributed by atoms with Crippen LogP contribution in [0.1, 0.15) is 10.7 Å². The molecule has 1 amide bonds. The Morgan fingerprint density at radius 3 is 2.52 bits per heavy atom. The van der Waals surface area contributed by atoms with E-state index in [1.165, 1.54) is 6.07 Å². The van der Waals surface area contributed by atoms with Gasteiger partial charge in [-0.3, -0.25) is 4.79 Å². The van der Waals surface area contributed by atoms with Crippen LogP contribution >= 0.6 is 11.6 Å². The van der Waals surface area contributed by atoms with Gasteiger partial charge in [-0.1, -0.05) is 16.7 Å². The molecule has 1 fully saturated rings. The molecule has 0 radical (unpaired) electrons. The smallest absolute Gasteiger partial charge is 0.320 e. The van der Waals surface area contributed by atoms with Gasteiger partial charge in [0.25, 0.3) is 0 Å². The Morgan fingerprint density at radius 1 is 1.07 bits per heavy atom. The molecular formula is C19H17ClFN5O3. The van der Waals surface area contributed by atoms with Gasteiger partial charge in [-0.05, 0) is 42.5 Å². The molecule has 0 aliphatic carbocycles. The number of aromatic nitrogens is 2. The number of hydrogen-bond donors (Lipinski definition) is 2. The number of benzene rings is 2. The number of morpholine rings is 1. The van der Waals surface area contributed by atoms with Crippen LogP contribution in [-0.4, -0.2) is 42.4 Å². The molecule has 1 aliphatic heterocycles. The average molecular weight is 418 g/mol. The van der Waals surface area contributed by atoms with E-state index >= 15 is 0 Å². The second-order valence-electron chi connectivity index (χ2n) is 6.26. The number of hydrogen-bond acceptors (Lipinski definition) is 7. The molecule has 0 spiro atoms. The third-order valence-corrected chi connectivity index (χ3v) is 4.52. The van der Waals surface area contributed by atoms with Crippen molar-refractivity contribution in [3.05, 3.63) is 59.2 Å². The first-order chi connectivity index (χ1) is 14.1. The molecular weight excluding hydrogens is 401 g/mol. The molecule has 2 aromatic carbocycles. The zero-order valence-corrected chi connectivity index (χ0v) is 15.9. The van der Waals surface area contributed by atoms with Gasteiger partial charge < -0.3 is 24.7 Å². The Hall–Kier alpha value is -3.17. The summed E-state index contributed by atoms with van der Waals surface area (Å²) in [5.74, 6) is -1.32. The van der Waals surface area contributed by atoms with Crippen LogP contribution in [0.2, 0.25) is 5.02 Å². The average Bonchev–Trinajstić information content (AvgIpc) is 3.19. The second kappa shape index (κ2) is 8.46. The number of nitrogens with zero attached hydrogens (tertiary/aromatic N) is 3. The molecule has 1 saturated heterocycles. The summed E-state index contributed by atoms with van der Waals surface area (Å²) >= 11 is 5.84. The molecule has 4 rings (SSSR count). The van der Waals surface area contributed by atoms with Crippen LogP contribution in [0.25, 0.3) is 0 Å². The Labute approximate surface area is 170 Å². The molecule has 29 heavy (non-hydrogen) atoms. The summed E-state index contributed by atoms with van der Waals surface area (Å²) in [7, 11) is 0. The lowest BCUT2D eigenvalue weighted by Gasteiger charge is -2.29. The third-order valence-electron chi connectivity index (χ3n) is 4.27. The van der Waals surface area contributed by atoms with Gasteiger partial charge in [-0.25, -0.2) is 4.39 Å². The van der Waals surface area contributed by atoms with E-state index < -0.39 is 11.7 Å². The fourth-order valence-corrected chi connectivity index (χ4v) is 2.98. The van der Waals surface area contributed by atoms with Crippen LogP contribution in [0.3, 0.4) is 0 Å². The molecule has 150 valence electrons. The van der Waals surface area contributed by atoms with Crippen LogP contribution in [0, 0.1) is 5.82 Å². The van der Waals surface area contributed by atoms with E-state index in [-0.39, 0.29) is 17.6 Å². The molecule has 0 bridgehead atoms. The predicted octanol–water partition coefficient (Wildman–Crippen LogP) is 3.69. The summed E-state index contributed by atoms with van der Waals surface area (Å²) in [4.78, 5) is 14.2. The standard InChI is InChI=1S/C19H17ClFN5O3/c20-12-1-3-13(4-2-12)23-19-25-24-18(29-19)17(27)22-14-5-6-16(15(21)11-14)26-7-9-28-10-8-26/h1-6,11H,7-10H2,(H,22,27)(H,23,25). The minimum Gasteiger partial charge on any atom is -0.399 e. The Morgan fingerprint density at radius 2 is 1.79 bits per heavy atom. The number of ether oxygens (including phenoxy) is 1. The second-order valence-corrected chi connectivity index (χ2v) is 6.70. The molecule has 10 heteroatoms. The van der Waals surface area contributed by atoms with E-state index in [0.717, 1.165) is 0 Å². The number of carbonyl (C=O) groups is 1. The summed E-state index contributed by atoms with van der Waals surface area (Å²) in [5.41, 5.74) is 1.43. The molecule has 2 heterocycles. The summed E-state index contributed by atoms with van der Waals surface area (Å²) in [6.07, 6.45) is 0. The lowest BCUT2D eigenvalue weighted by Crippen LogP contribution is -2.36. The van der Waals surface area contributed by atoms with Gasteiger partial charge in [0, 0.05) is 29.5 Å². The predicted molar refractivity (Wildman–Crippen MR) is 106 cm³/mol. The maximum atomic E-state index is 14.5.